The lowest BCUT2D eigenvalue weighted by atomic mass is 10.0. The van der Waals surface area contributed by atoms with E-state index in [0.717, 1.165) is 31.6 Å². The first-order chi connectivity index (χ1) is 8.72. The van der Waals surface area contributed by atoms with Gasteiger partial charge in [-0.05, 0) is 37.9 Å². The van der Waals surface area contributed by atoms with E-state index in [4.69, 9.17) is 0 Å². The van der Waals surface area contributed by atoms with Crippen molar-refractivity contribution in [2.24, 2.45) is 0 Å². The number of hydrogen-bond donors (Lipinski definition) is 1. The molecule has 1 amide bonds. The van der Waals surface area contributed by atoms with Crippen LogP contribution in [0.25, 0.3) is 0 Å². The van der Waals surface area contributed by atoms with E-state index in [9.17, 15) is 4.79 Å². The Morgan fingerprint density at radius 2 is 2.22 bits per heavy atom. The molecule has 0 saturated carbocycles. The summed E-state index contributed by atoms with van der Waals surface area (Å²) in [7, 11) is 0. The van der Waals surface area contributed by atoms with Crippen LogP contribution in [-0.4, -0.2) is 25.0 Å². The molecule has 0 spiro atoms. The van der Waals surface area contributed by atoms with Gasteiger partial charge in [0.25, 0.3) is 0 Å². The summed E-state index contributed by atoms with van der Waals surface area (Å²) >= 11 is 0. The van der Waals surface area contributed by atoms with Crippen molar-refractivity contribution in [1.29, 1.82) is 0 Å². The maximum Gasteiger partial charge on any atom is 0.228 e. The van der Waals surface area contributed by atoms with Crippen LogP contribution in [0.2, 0.25) is 0 Å². The average molecular weight is 246 g/mol. The number of carbonyl (C=O) groups excluding carboxylic acids is 1. The van der Waals surface area contributed by atoms with Gasteiger partial charge in [0.05, 0.1) is 0 Å². The molecule has 0 bridgehead atoms. The fourth-order valence-electron chi connectivity index (χ4n) is 2.59. The molecule has 18 heavy (non-hydrogen) atoms. The number of nitrogens with zero attached hydrogens (tertiary/aromatic N) is 1. The lowest BCUT2D eigenvalue weighted by Gasteiger charge is -2.30. The third kappa shape index (κ3) is 2.91. The van der Waals surface area contributed by atoms with Crippen LogP contribution in [0.1, 0.15) is 32.3 Å². The summed E-state index contributed by atoms with van der Waals surface area (Å²) in [6.07, 6.45) is 2.73. The molecule has 1 aromatic rings. The van der Waals surface area contributed by atoms with Crippen molar-refractivity contribution in [3.63, 3.8) is 0 Å². The van der Waals surface area contributed by atoms with Crippen LogP contribution in [0.15, 0.2) is 24.3 Å². The van der Waals surface area contributed by atoms with E-state index in [1.165, 1.54) is 5.56 Å². The van der Waals surface area contributed by atoms with E-state index in [0.29, 0.717) is 6.42 Å². The first-order valence-corrected chi connectivity index (χ1v) is 6.84. The van der Waals surface area contributed by atoms with Crippen molar-refractivity contribution >= 4 is 11.6 Å². The van der Waals surface area contributed by atoms with Crippen LogP contribution in [0, 0.1) is 0 Å². The minimum absolute atomic E-state index is 0.232. The van der Waals surface area contributed by atoms with Gasteiger partial charge in [0.1, 0.15) is 0 Å². The minimum atomic E-state index is 0.232. The quantitative estimate of drug-likeness (QED) is 0.884. The molecule has 1 unspecified atom stereocenters. The standard InChI is InChI=1S/C15H22N2O/c1-3-16-12(2)11-15(18)17-10-6-8-13-7-4-5-9-14(13)17/h4-5,7,9,12,16H,3,6,8,10-11H2,1-2H3. The molecule has 1 aliphatic heterocycles. The van der Waals surface area contributed by atoms with Gasteiger partial charge in [-0.3, -0.25) is 4.79 Å². The van der Waals surface area contributed by atoms with E-state index in [1.807, 2.05) is 17.0 Å². The highest BCUT2D eigenvalue weighted by Crippen LogP contribution is 2.27. The monoisotopic (exact) mass is 246 g/mol. The van der Waals surface area contributed by atoms with Crippen molar-refractivity contribution in [3.05, 3.63) is 29.8 Å². The third-order valence-electron chi connectivity index (χ3n) is 3.44. The van der Waals surface area contributed by atoms with Crippen LogP contribution in [0.5, 0.6) is 0 Å². The van der Waals surface area contributed by atoms with Crippen LogP contribution in [0.3, 0.4) is 0 Å². The number of para-hydroxylation sites is 1. The fourth-order valence-corrected chi connectivity index (χ4v) is 2.59. The fraction of sp³-hybridized carbons (Fsp3) is 0.533. The molecular weight excluding hydrogens is 224 g/mol. The number of nitrogens with one attached hydrogen (secondary N) is 1. The van der Waals surface area contributed by atoms with Gasteiger partial charge < -0.3 is 10.2 Å². The Bertz CT molecular complexity index is 417. The van der Waals surface area contributed by atoms with E-state index in [1.54, 1.807) is 0 Å². The molecular formula is C15H22N2O. The second-order valence-corrected chi connectivity index (χ2v) is 4.94. The second-order valence-electron chi connectivity index (χ2n) is 4.94. The van der Waals surface area contributed by atoms with E-state index < -0.39 is 0 Å². The largest absolute Gasteiger partial charge is 0.314 e. The number of benzene rings is 1. The van der Waals surface area contributed by atoms with Gasteiger partial charge in [0.2, 0.25) is 5.91 Å². The number of hydrogen-bond acceptors (Lipinski definition) is 2. The molecule has 2 rings (SSSR count). The summed E-state index contributed by atoms with van der Waals surface area (Å²) in [5, 5.41) is 3.29. The van der Waals surface area contributed by atoms with Crippen molar-refractivity contribution < 1.29 is 4.79 Å². The molecule has 1 atom stereocenters. The zero-order valence-electron chi connectivity index (χ0n) is 11.3. The number of aryl methyl sites for hydroxylation is 1. The predicted octanol–water partition coefficient (Wildman–Crippen LogP) is 2.35. The molecule has 3 heteroatoms. The molecule has 3 nitrogen and oxygen atoms in total. The highest BCUT2D eigenvalue weighted by molar-refractivity contribution is 5.94. The van der Waals surface area contributed by atoms with Gasteiger partial charge in [-0.15, -0.1) is 0 Å². The van der Waals surface area contributed by atoms with Crippen molar-refractivity contribution in [1.82, 2.24) is 5.32 Å². The maximum atomic E-state index is 12.3. The van der Waals surface area contributed by atoms with Crippen LogP contribution < -0.4 is 10.2 Å². The second kappa shape index (κ2) is 6.01. The zero-order valence-corrected chi connectivity index (χ0v) is 11.3. The Balaban J connectivity index is 2.08. The van der Waals surface area contributed by atoms with Crippen LogP contribution >= 0.6 is 0 Å². The highest BCUT2D eigenvalue weighted by atomic mass is 16.2. The van der Waals surface area contributed by atoms with Gasteiger partial charge in [-0.2, -0.15) is 0 Å². The normalized spacial score (nSPS) is 16.2. The van der Waals surface area contributed by atoms with Gasteiger partial charge in [0.15, 0.2) is 0 Å². The molecule has 1 aromatic carbocycles. The maximum absolute atomic E-state index is 12.3. The highest BCUT2D eigenvalue weighted by Gasteiger charge is 2.22. The molecule has 0 fully saturated rings. The summed E-state index contributed by atoms with van der Waals surface area (Å²) in [5.41, 5.74) is 2.41. The Morgan fingerprint density at radius 3 is 3.00 bits per heavy atom. The lowest BCUT2D eigenvalue weighted by molar-refractivity contribution is -0.119. The molecule has 98 valence electrons. The van der Waals surface area contributed by atoms with E-state index in [2.05, 4.69) is 31.3 Å². The number of rotatable bonds is 4. The van der Waals surface area contributed by atoms with Crippen molar-refractivity contribution in [2.45, 2.75) is 39.2 Å². The van der Waals surface area contributed by atoms with Crippen molar-refractivity contribution in [2.75, 3.05) is 18.0 Å². The van der Waals surface area contributed by atoms with E-state index in [-0.39, 0.29) is 11.9 Å². The van der Waals surface area contributed by atoms with Gasteiger partial charge >= 0.3 is 0 Å². The lowest BCUT2D eigenvalue weighted by Crippen LogP contribution is -2.39. The van der Waals surface area contributed by atoms with Crippen LogP contribution in [0.4, 0.5) is 5.69 Å². The molecule has 0 aliphatic carbocycles. The average Bonchev–Trinajstić information content (AvgIpc) is 2.38. The Hall–Kier alpha value is -1.35. The Kier molecular flexibility index (Phi) is 4.37. The molecule has 0 radical (unpaired) electrons. The van der Waals surface area contributed by atoms with E-state index >= 15 is 0 Å². The van der Waals surface area contributed by atoms with Crippen molar-refractivity contribution in [3.8, 4) is 0 Å². The summed E-state index contributed by atoms with van der Waals surface area (Å²) in [5.74, 6) is 0.232. The summed E-state index contributed by atoms with van der Waals surface area (Å²) in [4.78, 5) is 14.3. The predicted molar refractivity (Wildman–Crippen MR) is 74.9 cm³/mol. The Labute approximate surface area is 109 Å². The smallest absolute Gasteiger partial charge is 0.228 e. The SMILES string of the molecule is CCNC(C)CC(=O)N1CCCc2ccccc21. The topological polar surface area (TPSA) is 32.3 Å². The molecule has 1 heterocycles. The minimum Gasteiger partial charge on any atom is -0.314 e. The van der Waals surface area contributed by atoms with Gasteiger partial charge in [-0.1, -0.05) is 25.1 Å². The van der Waals surface area contributed by atoms with Gasteiger partial charge in [-0.25, -0.2) is 0 Å². The molecule has 1 aliphatic rings. The molecule has 0 aromatic heterocycles. The number of fused-ring (bicyclic) bond motifs is 1. The first kappa shape index (κ1) is 13.1. The summed E-state index contributed by atoms with van der Waals surface area (Å²) in [6, 6.07) is 8.50. The summed E-state index contributed by atoms with van der Waals surface area (Å²) in [6.45, 7) is 5.90. The van der Waals surface area contributed by atoms with Crippen LogP contribution in [-0.2, 0) is 11.2 Å². The summed E-state index contributed by atoms with van der Waals surface area (Å²) < 4.78 is 0. The number of amides is 1. The molecule has 0 saturated heterocycles. The third-order valence-corrected chi connectivity index (χ3v) is 3.44. The zero-order chi connectivity index (χ0) is 13.0. The van der Waals surface area contributed by atoms with Gasteiger partial charge in [0, 0.05) is 24.7 Å². The number of anilines is 1. The first-order valence-electron chi connectivity index (χ1n) is 6.84. The molecule has 1 N–H and O–H groups in total. The Morgan fingerprint density at radius 1 is 1.44 bits per heavy atom. The number of carbonyl (C=O) groups is 1.